The number of pyridine rings is 1. The zero-order chi connectivity index (χ0) is 21.5. The molecule has 1 fully saturated rings. The molecule has 1 N–H and O–H groups in total. The van der Waals surface area contributed by atoms with Gasteiger partial charge in [0.1, 0.15) is 17.2 Å². The van der Waals surface area contributed by atoms with Crippen molar-refractivity contribution in [1.82, 2.24) is 18.9 Å². The van der Waals surface area contributed by atoms with Crippen molar-refractivity contribution in [3.05, 3.63) is 52.7 Å². The Morgan fingerprint density at radius 3 is 2.70 bits per heavy atom. The second-order valence-electron chi connectivity index (χ2n) is 6.64. The van der Waals surface area contributed by atoms with E-state index in [9.17, 15) is 14.0 Å². The van der Waals surface area contributed by atoms with Crippen molar-refractivity contribution in [3.63, 3.8) is 0 Å². The van der Waals surface area contributed by atoms with Crippen LogP contribution in [0.4, 0.5) is 10.1 Å². The summed E-state index contributed by atoms with van der Waals surface area (Å²) in [6, 6.07) is 0.958. The maximum absolute atomic E-state index is 13.4. The Morgan fingerprint density at radius 2 is 2.07 bits per heavy atom. The van der Waals surface area contributed by atoms with E-state index in [1.54, 1.807) is 23.7 Å². The first kappa shape index (κ1) is 21.4. The number of nitrogens with zero attached hydrogens (tertiary/aromatic N) is 4. The maximum Gasteiger partial charge on any atom is 0.276 e. The van der Waals surface area contributed by atoms with Crippen LogP contribution in [0.1, 0.15) is 36.7 Å². The van der Waals surface area contributed by atoms with Crippen molar-refractivity contribution in [1.29, 1.82) is 0 Å². The summed E-state index contributed by atoms with van der Waals surface area (Å²) in [5, 5.41) is 2.37. The van der Waals surface area contributed by atoms with Crippen LogP contribution in [0, 0.1) is 5.82 Å². The number of anilines is 1. The lowest BCUT2D eigenvalue weighted by Crippen LogP contribution is -2.25. The molecule has 1 amide bonds. The number of ether oxygens (including phenoxy) is 2. The summed E-state index contributed by atoms with van der Waals surface area (Å²) in [4.78, 5) is 32.5. The van der Waals surface area contributed by atoms with E-state index in [4.69, 9.17) is 9.47 Å². The van der Waals surface area contributed by atoms with Crippen LogP contribution < -0.4 is 15.6 Å². The lowest BCUT2D eigenvalue weighted by molar-refractivity contribution is 0.0968. The number of nitrogens with one attached hydrogen (secondary N) is 1. The number of imidazole rings is 1. The van der Waals surface area contributed by atoms with Gasteiger partial charge in [0.25, 0.3) is 17.3 Å². The predicted octanol–water partition coefficient (Wildman–Crippen LogP) is 2.41. The van der Waals surface area contributed by atoms with Gasteiger partial charge < -0.3 is 23.8 Å². The monoisotopic (exact) mass is 417 g/mol. The molecule has 0 spiro atoms. The molecule has 10 heteroatoms. The third-order valence-corrected chi connectivity index (χ3v) is 4.33. The zero-order valence-corrected chi connectivity index (χ0v) is 16.9. The summed E-state index contributed by atoms with van der Waals surface area (Å²) in [6.45, 7) is 4.13. The molecule has 4 rings (SSSR count). The molecule has 3 aromatic rings. The number of carbonyl (C=O) groups excluding carboxylic acids is 1. The molecule has 0 radical (unpaired) electrons. The quantitative estimate of drug-likeness (QED) is 0.700. The Labute approximate surface area is 172 Å². The molecule has 0 atom stereocenters. The van der Waals surface area contributed by atoms with Crippen LogP contribution in [0.15, 0.2) is 35.6 Å². The number of hydrogen-bond acceptors (Lipinski definition) is 6. The minimum Gasteiger partial charge on any atom is -0.475 e. The molecular weight excluding hydrogens is 393 g/mol. The third-order valence-electron chi connectivity index (χ3n) is 4.33. The molecule has 9 nitrogen and oxygen atoms in total. The lowest BCUT2D eigenvalue weighted by Gasteiger charge is -2.09. The molecule has 0 aliphatic carbocycles. The number of aryl methyl sites for hydroxylation is 1. The summed E-state index contributed by atoms with van der Waals surface area (Å²) >= 11 is 0. The van der Waals surface area contributed by atoms with Gasteiger partial charge >= 0.3 is 0 Å². The number of rotatable bonds is 4. The summed E-state index contributed by atoms with van der Waals surface area (Å²) in [5.74, 6) is -1.10. The Kier molecular flexibility index (Phi) is 7.12. The van der Waals surface area contributed by atoms with Crippen molar-refractivity contribution >= 4 is 17.2 Å². The van der Waals surface area contributed by atoms with E-state index < -0.39 is 17.3 Å². The van der Waals surface area contributed by atoms with E-state index in [0.717, 1.165) is 30.0 Å². The average Bonchev–Trinajstić information content (AvgIpc) is 3.22. The van der Waals surface area contributed by atoms with Gasteiger partial charge in [0, 0.05) is 51.1 Å². The first-order chi connectivity index (χ1) is 14.5. The van der Waals surface area contributed by atoms with E-state index in [0.29, 0.717) is 12.3 Å². The molecule has 1 saturated heterocycles. The van der Waals surface area contributed by atoms with Crippen molar-refractivity contribution in [2.45, 2.75) is 26.2 Å². The molecule has 0 unspecified atom stereocenters. The minimum absolute atomic E-state index is 0.00950. The van der Waals surface area contributed by atoms with Crippen LogP contribution in [-0.2, 0) is 11.8 Å². The van der Waals surface area contributed by atoms with Crippen LogP contribution in [0.5, 0.6) is 5.88 Å². The summed E-state index contributed by atoms with van der Waals surface area (Å²) in [5.41, 5.74) is -0.225. The smallest absolute Gasteiger partial charge is 0.276 e. The van der Waals surface area contributed by atoms with Gasteiger partial charge in [-0.05, 0) is 26.2 Å². The largest absolute Gasteiger partial charge is 0.475 e. The van der Waals surface area contributed by atoms with E-state index in [1.807, 2.05) is 0 Å². The number of halogens is 1. The van der Waals surface area contributed by atoms with Crippen molar-refractivity contribution < 1.29 is 18.7 Å². The topological polar surface area (TPSA) is 99.7 Å². The second-order valence-corrected chi connectivity index (χ2v) is 6.64. The van der Waals surface area contributed by atoms with Gasteiger partial charge in [0.2, 0.25) is 5.65 Å². The highest BCUT2D eigenvalue weighted by Gasteiger charge is 2.16. The molecule has 0 aromatic carbocycles. The van der Waals surface area contributed by atoms with Gasteiger partial charge in [0.05, 0.1) is 6.61 Å². The van der Waals surface area contributed by atoms with Gasteiger partial charge in [-0.3, -0.25) is 9.59 Å². The number of fused-ring (bicyclic) bond motifs is 1. The van der Waals surface area contributed by atoms with Gasteiger partial charge in [-0.15, -0.1) is 0 Å². The lowest BCUT2D eigenvalue weighted by atomic mass is 10.2. The van der Waals surface area contributed by atoms with E-state index in [-0.39, 0.29) is 17.3 Å². The van der Waals surface area contributed by atoms with Crippen molar-refractivity contribution in [2.24, 2.45) is 7.05 Å². The molecule has 0 saturated carbocycles. The highest BCUT2D eigenvalue weighted by molar-refractivity contribution is 6.02. The maximum atomic E-state index is 13.4. The Hall–Kier alpha value is -3.27. The number of carbonyl (C=O) groups is 1. The Balaban J connectivity index is 0.000000367. The second kappa shape index (κ2) is 9.97. The molecule has 0 bridgehead atoms. The number of aromatic nitrogens is 4. The molecular formula is C20H24FN5O4. The Bertz CT molecular complexity index is 1060. The number of hydrogen-bond donors (Lipinski definition) is 1. The highest BCUT2D eigenvalue weighted by Crippen LogP contribution is 2.17. The van der Waals surface area contributed by atoms with E-state index in [1.165, 1.54) is 32.5 Å². The summed E-state index contributed by atoms with van der Waals surface area (Å²) < 4.78 is 26.5. The SMILES string of the molecule is C1CCOCC1.CCOc1nc(C(=O)Nc2cc(F)cn(C)c2=O)cn2ccnc12. The molecule has 1 aliphatic rings. The van der Waals surface area contributed by atoms with Gasteiger partial charge in [0.15, 0.2) is 0 Å². The van der Waals surface area contributed by atoms with Crippen molar-refractivity contribution in [2.75, 3.05) is 25.1 Å². The van der Waals surface area contributed by atoms with Crippen LogP contribution in [-0.4, -0.2) is 44.7 Å². The zero-order valence-electron chi connectivity index (χ0n) is 16.9. The van der Waals surface area contributed by atoms with E-state index in [2.05, 4.69) is 15.3 Å². The molecule has 30 heavy (non-hydrogen) atoms. The standard InChI is InChI=1S/C15H14FN5O3.C5H10O/c1-3-24-14-12-17-4-5-21(12)8-11(19-14)13(22)18-10-6-9(16)7-20(2)15(10)23;1-2-4-6-5-3-1/h4-8H,3H2,1-2H3,(H,18,22);1-5H2. The third kappa shape index (κ3) is 5.20. The van der Waals surface area contributed by atoms with Crippen LogP contribution in [0.3, 0.4) is 0 Å². The van der Waals surface area contributed by atoms with Gasteiger partial charge in [-0.2, -0.15) is 0 Å². The first-order valence-corrected chi connectivity index (χ1v) is 9.71. The van der Waals surface area contributed by atoms with E-state index >= 15 is 0 Å². The van der Waals surface area contributed by atoms with Crippen LogP contribution >= 0.6 is 0 Å². The molecule has 3 aromatic heterocycles. The van der Waals surface area contributed by atoms with Gasteiger partial charge in [-0.1, -0.05) is 0 Å². The minimum atomic E-state index is -0.658. The fraction of sp³-hybridized carbons (Fsp3) is 0.400. The molecule has 1 aliphatic heterocycles. The highest BCUT2D eigenvalue weighted by atomic mass is 19.1. The molecule has 4 heterocycles. The predicted molar refractivity (Wildman–Crippen MR) is 108 cm³/mol. The first-order valence-electron chi connectivity index (χ1n) is 9.71. The normalized spacial score (nSPS) is 13.4. The average molecular weight is 417 g/mol. The van der Waals surface area contributed by atoms with Gasteiger partial charge in [-0.25, -0.2) is 14.4 Å². The van der Waals surface area contributed by atoms with Crippen LogP contribution in [0.25, 0.3) is 5.65 Å². The summed E-state index contributed by atoms with van der Waals surface area (Å²) in [6.07, 6.45) is 9.59. The fourth-order valence-electron chi connectivity index (χ4n) is 2.88. The fourth-order valence-corrected chi connectivity index (χ4v) is 2.88. The molecule has 160 valence electrons. The van der Waals surface area contributed by atoms with Crippen molar-refractivity contribution in [3.8, 4) is 5.88 Å². The number of amides is 1. The summed E-state index contributed by atoms with van der Waals surface area (Å²) in [7, 11) is 1.39. The Morgan fingerprint density at radius 1 is 1.30 bits per heavy atom. The van der Waals surface area contributed by atoms with Crippen LogP contribution in [0.2, 0.25) is 0 Å².